The third-order valence-electron chi connectivity index (χ3n) is 5.33. The molecule has 0 atom stereocenters. The summed E-state index contributed by atoms with van der Waals surface area (Å²) in [6.07, 6.45) is 3.05. The molecule has 1 heterocycles. The summed E-state index contributed by atoms with van der Waals surface area (Å²) in [5.41, 5.74) is 3.57. The third-order valence-corrected chi connectivity index (χ3v) is 5.33. The van der Waals surface area contributed by atoms with E-state index < -0.39 is 5.56 Å². The van der Waals surface area contributed by atoms with Gasteiger partial charge < -0.3 is 14.5 Å². The Bertz CT molecular complexity index is 1380. The predicted octanol–water partition coefficient (Wildman–Crippen LogP) is 5.42. The summed E-state index contributed by atoms with van der Waals surface area (Å²) in [6.45, 7) is 1.98. The number of hydrogen-bond donors (Lipinski definition) is 1. The normalized spacial score (nSPS) is 11.1. The summed E-state index contributed by atoms with van der Waals surface area (Å²) < 4.78 is 10.6. The second-order valence-electron chi connectivity index (χ2n) is 7.42. The fourth-order valence-electron chi connectivity index (χ4n) is 3.75. The number of aromatic amines is 1. The minimum absolute atomic E-state index is 0.109. The van der Waals surface area contributed by atoms with Crippen LogP contribution in [0.4, 0.5) is 0 Å². The Morgan fingerprint density at radius 2 is 1.72 bits per heavy atom. The lowest BCUT2D eigenvalue weighted by Gasteiger charge is -2.12. The van der Waals surface area contributed by atoms with Gasteiger partial charge in [-0.1, -0.05) is 42.0 Å². The summed E-state index contributed by atoms with van der Waals surface area (Å²) in [6, 6.07) is 20.6. The van der Waals surface area contributed by atoms with Gasteiger partial charge in [-0.05, 0) is 48.9 Å². The van der Waals surface area contributed by atoms with E-state index in [4.69, 9.17) is 9.47 Å². The number of H-pyrrole nitrogens is 1. The monoisotopic (exact) mass is 425 g/mol. The fraction of sp³-hybridized carbons (Fsp3) is 0.111. The molecule has 4 rings (SSSR count). The standard InChI is InChI=1S/C27H23NO4/c1-17-9-13-22-21(15-17)25(19-7-5-4-6-8-19)26(27(30)28-22)23(29)14-11-18-10-12-20(31-2)16-24(18)32-3/h4-16H,1-3H3,(H,28,30)/b14-11-. The average molecular weight is 425 g/mol. The summed E-state index contributed by atoms with van der Waals surface area (Å²) >= 11 is 0. The summed E-state index contributed by atoms with van der Waals surface area (Å²) in [5.74, 6) is 0.837. The molecule has 0 saturated carbocycles. The van der Waals surface area contributed by atoms with E-state index in [1.807, 2.05) is 55.5 Å². The number of pyridine rings is 1. The fourth-order valence-corrected chi connectivity index (χ4v) is 3.75. The maximum Gasteiger partial charge on any atom is 0.260 e. The van der Waals surface area contributed by atoms with Crippen LogP contribution in [0.2, 0.25) is 0 Å². The molecule has 0 unspecified atom stereocenters. The number of ketones is 1. The quantitative estimate of drug-likeness (QED) is 0.331. The minimum Gasteiger partial charge on any atom is -0.497 e. The van der Waals surface area contributed by atoms with Crippen molar-refractivity contribution in [2.75, 3.05) is 14.2 Å². The molecule has 1 aromatic heterocycles. The van der Waals surface area contributed by atoms with Crippen molar-refractivity contribution in [3.05, 3.63) is 99.9 Å². The first-order valence-electron chi connectivity index (χ1n) is 10.2. The maximum atomic E-state index is 13.3. The second kappa shape index (κ2) is 8.94. The zero-order chi connectivity index (χ0) is 22.7. The highest BCUT2D eigenvalue weighted by molar-refractivity contribution is 6.15. The van der Waals surface area contributed by atoms with Gasteiger partial charge in [0.05, 0.1) is 19.8 Å². The molecule has 3 aromatic carbocycles. The van der Waals surface area contributed by atoms with Crippen molar-refractivity contribution >= 4 is 22.8 Å². The number of methoxy groups -OCH3 is 2. The molecular formula is C27H23NO4. The van der Waals surface area contributed by atoms with E-state index in [0.29, 0.717) is 28.1 Å². The molecule has 0 amide bonds. The predicted molar refractivity (Wildman–Crippen MR) is 128 cm³/mol. The smallest absolute Gasteiger partial charge is 0.260 e. The first-order valence-corrected chi connectivity index (χ1v) is 10.2. The van der Waals surface area contributed by atoms with Gasteiger partial charge >= 0.3 is 0 Å². The van der Waals surface area contributed by atoms with E-state index in [-0.39, 0.29) is 11.3 Å². The number of hydrogen-bond acceptors (Lipinski definition) is 4. The van der Waals surface area contributed by atoms with Crippen molar-refractivity contribution < 1.29 is 14.3 Å². The van der Waals surface area contributed by atoms with E-state index in [1.165, 1.54) is 6.08 Å². The van der Waals surface area contributed by atoms with Crippen molar-refractivity contribution in [1.82, 2.24) is 4.98 Å². The van der Waals surface area contributed by atoms with Crippen molar-refractivity contribution in [3.8, 4) is 22.6 Å². The van der Waals surface area contributed by atoms with Crippen molar-refractivity contribution in [3.63, 3.8) is 0 Å². The number of nitrogens with one attached hydrogen (secondary N) is 1. The number of carbonyl (C=O) groups is 1. The molecule has 0 fully saturated rings. The molecule has 160 valence electrons. The van der Waals surface area contributed by atoms with E-state index in [9.17, 15) is 9.59 Å². The number of aromatic nitrogens is 1. The molecule has 4 aromatic rings. The average Bonchev–Trinajstić information content (AvgIpc) is 2.82. The number of allylic oxidation sites excluding steroid dienone is 1. The molecule has 0 aliphatic heterocycles. The summed E-state index contributed by atoms with van der Waals surface area (Å²) in [7, 11) is 3.13. The lowest BCUT2D eigenvalue weighted by Crippen LogP contribution is -2.18. The van der Waals surface area contributed by atoms with Crippen LogP contribution in [-0.4, -0.2) is 25.0 Å². The van der Waals surface area contributed by atoms with Crippen LogP contribution in [0.1, 0.15) is 21.5 Å². The van der Waals surface area contributed by atoms with Crippen LogP contribution < -0.4 is 15.0 Å². The molecule has 1 N–H and O–H groups in total. The maximum absolute atomic E-state index is 13.3. The highest BCUT2D eigenvalue weighted by atomic mass is 16.5. The third kappa shape index (κ3) is 4.05. The van der Waals surface area contributed by atoms with Crippen LogP contribution in [0.5, 0.6) is 11.5 Å². The zero-order valence-electron chi connectivity index (χ0n) is 18.1. The topological polar surface area (TPSA) is 68.4 Å². The molecule has 0 aliphatic rings. The van der Waals surface area contributed by atoms with E-state index >= 15 is 0 Å². The molecule has 0 aliphatic carbocycles. The van der Waals surface area contributed by atoms with Gasteiger partial charge in [0.25, 0.3) is 5.56 Å². The molecule has 0 radical (unpaired) electrons. The van der Waals surface area contributed by atoms with Crippen LogP contribution in [-0.2, 0) is 0 Å². The molecule has 0 spiro atoms. The Balaban J connectivity index is 1.87. The molecular weight excluding hydrogens is 402 g/mol. The van der Waals surface area contributed by atoms with Crippen molar-refractivity contribution in [2.24, 2.45) is 0 Å². The number of benzene rings is 3. The van der Waals surface area contributed by atoms with Gasteiger partial charge in [-0.15, -0.1) is 0 Å². The Kier molecular flexibility index (Phi) is 5.90. The lowest BCUT2D eigenvalue weighted by molar-refractivity contribution is 0.104. The number of ether oxygens (including phenoxy) is 2. The molecule has 0 saturated heterocycles. The number of aryl methyl sites for hydroxylation is 1. The van der Waals surface area contributed by atoms with Crippen LogP contribution in [0.25, 0.3) is 28.1 Å². The van der Waals surface area contributed by atoms with Gasteiger partial charge in [-0.25, -0.2) is 0 Å². The first-order chi connectivity index (χ1) is 15.5. The summed E-state index contributed by atoms with van der Waals surface area (Å²) in [4.78, 5) is 29.2. The van der Waals surface area contributed by atoms with Crippen molar-refractivity contribution in [2.45, 2.75) is 6.92 Å². The zero-order valence-corrected chi connectivity index (χ0v) is 18.1. The molecule has 5 heteroatoms. The Hall–Kier alpha value is -4.12. The van der Waals surface area contributed by atoms with Crippen LogP contribution in [0.3, 0.4) is 0 Å². The lowest BCUT2D eigenvalue weighted by atomic mass is 9.93. The van der Waals surface area contributed by atoms with Gasteiger partial charge in [0.2, 0.25) is 0 Å². The summed E-state index contributed by atoms with van der Waals surface area (Å²) in [5, 5.41) is 0.828. The Morgan fingerprint density at radius 1 is 0.938 bits per heavy atom. The van der Waals surface area contributed by atoms with E-state index in [2.05, 4.69) is 4.98 Å². The molecule has 0 bridgehead atoms. The SMILES string of the molecule is COc1ccc(/C=C\C(=O)c2c(-c3ccccc3)c3cc(C)ccc3[nH]c2=O)c(OC)c1. The van der Waals surface area contributed by atoms with E-state index in [1.54, 1.807) is 38.5 Å². The van der Waals surface area contributed by atoms with Crippen LogP contribution in [0, 0.1) is 6.92 Å². The van der Waals surface area contributed by atoms with Gasteiger partial charge in [-0.3, -0.25) is 9.59 Å². The minimum atomic E-state index is -0.420. The first kappa shape index (κ1) is 21.1. The Morgan fingerprint density at radius 3 is 2.44 bits per heavy atom. The molecule has 32 heavy (non-hydrogen) atoms. The van der Waals surface area contributed by atoms with E-state index in [0.717, 1.165) is 16.5 Å². The highest BCUT2D eigenvalue weighted by Crippen LogP contribution is 2.31. The van der Waals surface area contributed by atoms with Gasteiger partial charge in [-0.2, -0.15) is 0 Å². The van der Waals surface area contributed by atoms with Crippen LogP contribution >= 0.6 is 0 Å². The highest BCUT2D eigenvalue weighted by Gasteiger charge is 2.19. The van der Waals surface area contributed by atoms with Crippen LogP contribution in [0.15, 0.2) is 77.6 Å². The number of carbonyl (C=O) groups excluding carboxylic acids is 1. The number of fused-ring (bicyclic) bond motifs is 1. The van der Waals surface area contributed by atoms with Gasteiger partial charge in [0.15, 0.2) is 5.78 Å². The largest absolute Gasteiger partial charge is 0.497 e. The number of rotatable bonds is 6. The Labute approximate surface area is 185 Å². The second-order valence-corrected chi connectivity index (χ2v) is 7.42. The van der Waals surface area contributed by atoms with Gasteiger partial charge in [0, 0.05) is 28.1 Å². The molecule has 5 nitrogen and oxygen atoms in total. The van der Waals surface area contributed by atoms with Crippen molar-refractivity contribution in [1.29, 1.82) is 0 Å². The van der Waals surface area contributed by atoms with Gasteiger partial charge in [0.1, 0.15) is 11.5 Å².